The fourth-order valence-corrected chi connectivity index (χ4v) is 7.35. The van der Waals surface area contributed by atoms with Gasteiger partial charge in [-0.15, -0.1) is 0 Å². The lowest BCUT2D eigenvalue weighted by atomic mass is 9.88. The van der Waals surface area contributed by atoms with E-state index in [1.54, 1.807) is 6.08 Å². The van der Waals surface area contributed by atoms with E-state index in [0.29, 0.717) is 12.8 Å². The Morgan fingerprint density at radius 3 is 2.14 bits per heavy atom. The third kappa shape index (κ3) is 3.78. The molecule has 0 spiro atoms. The van der Waals surface area contributed by atoms with Gasteiger partial charge in [-0.25, -0.2) is 8.42 Å². The maximum Gasteiger partial charge on any atom is 0.154 e. The molecule has 6 heteroatoms. The highest BCUT2D eigenvalue weighted by Gasteiger charge is 2.59. The van der Waals surface area contributed by atoms with Crippen LogP contribution in [0.1, 0.15) is 41.0 Å². The molecule has 2 fully saturated rings. The largest absolute Gasteiger partial charge is 0.392 e. The molecule has 1 aliphatic carbocycles. The summed E-state index contributed by atoms with van der Waals surface area (Å²) in [5.41, 5.74) is 2.18. The molecule has 3 N–H and O–H groups in total. The van der Waals surface area contributed by atoms with Crippen molar-refractivity contribution in [2.45, 2.75) is 42.8 Å². The summed E-state index contributed by atoms with van der Waals surface area (Å²) in [7, 11) is -3.27. The smallest absolute Gasteiger partial charge is 0.154 e. The van der Waals surface area contributed by atoms with E-state index >= 15 is 0 Å². The number of rotatable bonds is 5. The molecule has 154 valence electrons. The fraction of sp³-hybridized carbons (Fsp3) is 0.391. The molecule has 5 nitrogen and oxygen atoms in total. The van der Waals surface area contributed by atoms with Crippen LogP contribution in [0, 0.1) is 5.92 Å². The molecule has 0 aromatic heterocycles. The Morgan fingerprint density at radius 1 is 0.966 bits per heavy atom. The first-order valence-corrected chi connectivity index (χ1v) is 11.6. The summed E-state index contributed by atoms with van der Waals surface area (Å²) in [5.74, 6) is -0.496. The molecule has 2 aliphatic rings. The highest BCUT2D eigenvalue weighted by Crippen LogP contribution is 2.54. The Bertz CT molecular complexity index is 995. The maximum atomic E-state index is 12.8. The molecule has 0 unspecified atom stereocenters. The van der Waals surface area contributed by atoms with Crippen molar-refractivity contribution in [1.82, 2.24) is 0 Å². The summed E-state index contributed by atoms with van der Waals surface area (Å²) in [6.07, 6.45) is 4.40. The van der Waals surface area contributed by atoms with E-state index in [1.807, 2.05) is 54.6 Å². The van der Waals surface area contributed by atoms with Crippen molar-refractivity contribution in [3.63, 3.8) is 0 Å². The molecule has 2 aromatic carbocycles. The van der Waals surface area contributed by atoms with Gasteiger partial charge in [-0.05, 0) is 35.1 Å². The molecule has 1 heterocycles. The summed E-state index contributed by atoms with van der Waals surface area (Å²) in [4.78, 5) is 0. The van der Waals surface area contributed by atoms with Crippen molar-refractivity contribution >= 4 is 15.9 Å². The monoisotopic (exact) mass is 414 g/mol. The summed E-state index contributed by atoms with van der Waals surface area (Å²) in [6.45, 7) is -0.0800. The molecule has 1 saturated heterocycles. The van der Waals surface area contributed by atoms with E-state index in [9.17, 15) is 18.6 Å². The Hall–Kier alpha value is -1.99. The molecule has 0 bridgehead atoms. The predicted octanol–water partition coefficient (Wildman–Crippen LogP) is 2.41. The van der Waals surface area contributed by atoms with Crippen molar-refractivity contribution in [2.24, 2.45) is 5.92 Å². The first-order chi connectivity index (χ1) is 13.9. The lowest BCUT2D eigenvalue weighted by Gasteiger charge is -2.25. The summed E-state index contributed by atoms with van der Waals surface area (Å²) >= 11 is 0. The maximum absolute atomic E-state index is 12.8. The van der Waals surface area contributed by atoms with E-state index in [1.165, 1.54) is 0 Å². The van der Waals surface area contributed by atoms with E-state index in [2.05, 4.69) is 0 Å². The topological polar surface area (TPSA) is 94.8 Å². The third-order valence-corrected chi connectivity index (χ3v) is 8.72. The zero-order valence-corrected chi connectivity index (χ0v) is 16.9. The number of aliphatic hydroxyl groups is 3. The Kier molecular flexibility index (Phi) is 5.38. The predicted molar refractivity (Wildman–Crippen MR) is 112 cm³/mol. The van der Waals surface area contributed by atoms with Gasteiger partial charge in [-0.1, -0.05) is 60.7 Å². The first kappa shape index (κ1) is 20.3. The van der Waals surface area contributed by atoms with Gasteiger partial charge in [0.1, 0.15) is 0 Å². The van der Waals surface area contributed by atoms with Crippen LogP contribution in [0.2, 0.25) is 0 Å². The Balaban J connectivity index is 1.65. The van der Waals surface area contributed by atoms with E-state index in [4.69, 9.17) is 5.11 Å². The highest BCUT2D eigenvalue weighted by molar-refractivity contribution is 7.92. The lowest BCUT2D eigenvalue weighted by molar-refractivity contribution is 0.0529. The standard InChI is InChI=1S/C23H26O5S/c24-14-17-3-1-16(2-4-17)9-11-23(26)13-20(19-7-5-18(15-25)6-8-19)22-21(23)10-12-29(22,27)28/h1-9,11,20-22,24-26H,10,12-15H2/t20-,21-,22-,23+/m0/s1. The second kappa shape index (κ2) is 7.69. The number of benzene rings is 2. The molecule has 4 atom stereocenters. The van der Waals surface area contributed by atoms with Gasteiger partial charge in [0.15, 0.2) is 9.84 Å². The molecule has 0 radical (unpaired) electrons. The second-order valence-corrected chi connectivity index (χ2v) is 10.4. The minimum Gasteiger partial charge on any atom is -0.392 e. The number of sulfone groups is 1. The van der Waals surface area contributed by atoms with Crippen molar-refractivity contribution in [2.75, 3.05) is 5.75 Å². The summed E-state index contributed by atoms with van der Waals surface area (Å²) < 4.78 is 25.6. The van der Waals surface area contributed by atoms with Crippen LogP contribution < -0.4 is 0 Å². The average Bonchev–Trinajstić information content (AvgIpc) is 3.23. The Labute approximate surface area is 171 Å². The van der Waals surface area contributed by atoms with Crippen LogP contribution in [0.5, 0.6) is 0 Å². The molecular formula is C23H26O5S. The van der Waals surface area contributed by atoms with Crippen LogP contribution in [0.3, 0.4) is 0 Å². The van der Waals surface area contributed by atoms with Crippen LogP contribution in [0.25, 0.3) is 6.08 Å². The average molecular weight is 415 g/mol. The SMILES string of the molecule is O=S1(=O)CC[C@H]2[C@@H]1[C@H](c1ccc(CO)cc1)C[C@]2(O)C=Cc1ccc(CO)cc1. The normalized spacial score (nSPS) is 30.7. The fourth-order valence-electron chi connectivity index (χ4n) is 4.87. The zero-order chi connectivity index (χ0) is 20.6. The molecule has 2 aromatic rings. The molecule has 29 heavy (non-hydrogen) atoms. The van der Waals surface area contributed by atoms with Gasteiger partial charge < -0.3 is 15.3 Å². The lowest BCUT2D eigenvalue weighted by Crippen LogP contribution is -2.33. The van der Waals surface area contributed by atoms with E-state index in [0.717, 1.165) is 22.3 Å². The number of fused-ring (bicyclic) bond motifs is 1. The summed E-state index contributed by atoms with van der Waals surface area (Å²) in [6, 6.07) is 14.7. The quantitative estimate of drug-likeness (QED) is 0.698. The van der Waals surface area contributed by atoms with Gasteiger partial charge in [-0.2, -0.15) is 0 Å². The molecule has 0 amide bonds. The van der Waals surface area contributed by atoms with Crippen LogP contribution in [0.15, 0.2) is 54.6 Å². The number of hydrogen-bond donors (Lipinski definition) is 3. The van der Waals surface area contributed by atoms with Crippen molar-refractivity contribution in [1.29, 1.82) is 0 Å². The molecule has 1 aliphatic heterocycles. The van der Waals surface area contributed by atoms with Crippen LogP contribution >= 0.6 is 0 Å². The Morgan fingerprint density at radius 2 is 1.55 bits per heavy atom. The third-order valence-electron chi connectivity index (χ3n) is 6.43. The van der Waals surface area contributed by atoms with Gasteiger partial charge in [0.25, 0.3) is 0 Å². The zero-order valence-electron chi connectivity index (χ0n) is 16.1. The van der Waals surface area contributed by atoms with Crippen LogP contribution in [-0.2, 0) is 23.1 Å². The first-order valence-electron chi connectivity index (χ1n) is 9.89. The molecular weight excluding hydrogens is 388 g/mol. The van der Waals surface area contributed by atoms with Crippen LogP contribution in [-0.4, -0.2) is 40.3 Å². The van der Waals surface area contributed by atoms with Gasteiger partial charge in [-0.3, -0.25) is 0 Å². The van der Waals surface area contributed by atoms with Gasteiger partial charge >= 0.3 is 0 Å². The van der Waals surface area contributed by atoms with Crippen molar-refractivity contribution in [3.05, 3.63) is 76.9 Å². The molecule has 4 rings (SSSR count). The van der Waals surface area contributed by atoms with Crippen molar-refractivity contribution < 1.29 is 23.7 Å². The number of aliphatic hydroxyl groups excluding tert-OH is 2. The number of hydrogen-bond acceptors (Lipinski definition) is 5. The minimum absolute atomic E-state index is 0.0215. The minimum atomic E-state index is -3.27. The van der Waals surface area contributed by atoms with E-state index < -0.39 is 20.7 Å². The van der Waals surface area contributed by atoms with Crippen LogP contribution in [0.4, 0.5) is 0 Å². The second-order valence-electron chi connectivity index (χ2n) is 8.16. The van der Waals surface area contributed by atoms with E-state index in [-0.39, 0.29) is 30.8 Å². The highest BCUT2D eigenvalue weighted by atomic mass is 32.2. The molecule has 1 saturated carbocycles. The van der Waals surface area contributed by atoms with Gasteiger partial charge in [0.2, 0.25) is 0 Å². The van der Waals surface area contributed by atoms with Gasteiger partial charge in [0.05, 0.1) is 29.8 Å². The van der Waals surface area contributed by atoms with Crippen molar-refractivity contribution in [3.8, 4) is 0 Å². The van der Waals surface area contributed by atoms with Gasteiger partial charge in [0, 0.05) is 11.8 Å². The summed E-state index contributed by atoms with van der Waals surface area (Å²) in [5, 5.41) is 29.3.